The predicted octanol–water partition coefficient (Wildman–Crippen LogP) is 5.82. The molecule has 1 N–H and O–H groups in total. The van der Waals surface area contributed by atoms with Gasteiger partial charge in [0.15, 0.2) is 0 Å². The minimum Gasteiger partial charge on any atom is -0.507 e. The molecule has 0 radical (unpaired) electrons. The molecular weight excluding hydrogens is 256 g/mol. The summed E-state index contributed by atoms with van der Waals surface area (Å²) in [4.78, 5) is 0. The highest BCUT2D eigenvalue weighted by Crippen LogP contribution is 2.36. The number of aromatic hydroxyl groups is 1. The molecule has 0 saturated heterocycles. The van der Waals surface area contributed by atoms with Crippen LogP contribution in [0.25, 0.3) is 16.7 Å². The standard InChI is InChI=1S/C18H16O.C2H6/c19-18-16(14-8-3-1-4-9-14)12-7-13-17(18)15-10-5-2-6-11-15;1-2/h1,3-5,7-13,19H,2,6H2;1-2H3. The number of hydrogen-bond donors (Lipinski definition) is 1. The zero-order valence-electron chi connectivity index (χ0n) is 12.7. The molecule has 2 aromatic carbocycles. The highest BCUT2D eigenvalue weighted by Gasteiger charge is 2.11. The van der Waals surface area contributed by atoms with E-state index < -0.39 is 0 Å². The molecule has 0 spiro atoms. The summed E-state index contributed by atoms with van der Waals surface area (Å²) < 4.78 is 0. The van der Waals surface area contributed by atoms with Gasteiger partial charge in [0.2, 0.25) is 0 Å². The van der Waals surface area contributed by atoms with E-state index >= 15 is 0 Å². The smallest absolute Gasteiger partial charge is 0.131 e. The van der Waals surface area contributed by atoms with E-state index in [9.17, 15) is 5.11 Å². The largest absolute Gasteiger partial charge is 0.507 e. The molecule has 1 aliphatic carbocycles. The van der Waals surface area contributed by atoms with E-state index in [2.05, 4.69) is 18.2 Å². The van der Waals surface area contributed by atoms with Gasteiger partial charge in [-0.25, -0.2) is 0 Å². The third-order valence-electron chi connectivity index (χ3n) is 3.43. The van der Waals surface area contributed by atoms with Crippen LogP contribution in [0.3, 0.4) is 0 Å². The summed E-state index contributed by atoms with van der Waals surface area (Å²) in [6.45, 7) is 4.00. The molecule has 1 heteroatoms. The number of phenolic OH excluding ortho intramolecular Hbond substituents is 1. The first kappa shape index (κ1) is 15.1. The van der Waals surface area contributed by atoms with Crippen molar-refractivity contribution in [3.05, 3.63) is 72.3 Å². The molecule has 2 aromatic rings. The lowest BCUT2D eigenvalue weighted by Crippen LogP contribution is -1.89. The number of rotatable bonds is 2. The Hall–Kier alpha value is -2.28. The summed E-state index contributed by atoms with van der Waals surface area (Å²) in [5.74, 6) is 0.367. The van der Waals surface area contributed by atoms with Crippen molar-refractivity contribution in [3.63, 3.8) is 0 Å². The van der Waals surface area contributed by atoms with Crippen LogP contribution in [0.5, 0.6) is 5.75 Å². The van der Waals surface area contributed by atoms with Crippen LogP contribution in [0.1, 0.15) is 32.3 Å². The summed E-state index contributed by atoms with van der Waals surface area (Å²) in [6.07, 6.45) is 8.56. The van der Waals surface area contributed by atoms with E-state index in [1.807, 2.05) is 62.4 Å². The van der Waals surface area contributed by atoms with Gasteiger partial charge in [-0.2, -0.15) is 0 Å². The highest BCUT2D eigenvalue weighted by atomic mass is 16.3. The van der Waals surface area contributed by atoms with Gasteiger partial charge in [-0.15, -0.1) is 0 Å². The summed E-state index contributed by atoms with van der Waals surface area (Å²) in [6, 6.07) is 15.9. The molecular formula is C20H22O. The average Bonchev–Trinajstić information content (AvgIpc) is 2.58. The van der Waals surface area contributed by atoms with Crippen molar-refractivity contribution < 1.29 is 5.11 Å². The minimum atomic E-state index is 0.367. The van der Waals surface area contributed by atoms with Gasteiger partial charge < -0.3 is 5.11 Å². The van der Waals surface area contributed by atoms with Crippen molar-refractivity contribution in [1.82, 2.24) is 0 Å². The van der Waals surface area contributed by atoms with Gasteiger partial charge >= 0.3 is 0 Å². The zero-order valence-corrected chi connectivity index (χ0v) is 12.7. The van der Waals surface area contributed by atoms with Gasteiger partial charge in [-0.1, -0.05) is 80.6 Å². The maximum absolute atomic E-state index is 10.5. The first-order chi connectivity index (χ1) is 10.4. The summed E-state index contributed by atoms with van der Waals surface area (Å²) in [5.41, 5.74) is 3.96. The van der Waals surface area contributed by atoms with Crippen molar-refractivity contribution in [1.29, 1.82) is 0 Å². The Morgan fingerprint density at radius 1 is 0.810 bits per heavy atom. The van der Waals surface area contributed by atoms with Crippen molar-refractivity contribution in [2.75, 3.05) is 0 Å². The molecule has 21 heavy (non-hydrogen) atoms. The fourth-order valence-electron chi connectivity index (χ4n) is 2.44. The molecule has 0 bridgehead atoms. The summed E-state index contributed by atoms with van der Waals surface area (Å²) >= 11 is 0. The Balaban J connectivity index is 0.000000774. The van der Waals surface area contributed by atoms with Crippen LogP contribution in [0.15, 0.2) is 66.8 Å². The number of para-hydroxylation sites is 1. The van der Waals surface area contributed by atoms with Crippen LogP contribution >= 0.6 is 0 Å². The lowest BCUT2D eigenvalue weighted by atomic mass is 9.94. The van der Waals surface area contributed by atoms with Gasteiger partial charge in [-0.3, -0.25) is 0 Å². The third-order valence-corrected chi connectivity index (χ3v) is 3.43. The average molecular weight is 278 g/mol. The van der Waals surface area contributed by atoms with Crippen molar-refractivity contribution in [2.45, 2.75) is 26.7 Å². The minimum absolute atomic E-state index is 0.367. The maximum Gasteiger partial charge on any atom is 0.131 e. The molecule has 0 aliphatic heterocycles. The maximum atomic E-state index is 10.5. The fourth-order valence-corrected chi connectivity index (χ4v) is 2.44. The number of allylic oxidation sites excluding steroid dienone is 4. The van der Waals surface area contributed by atoms with Crippen LogP contribution in [0, 0.1) is 0 Å². The topological polar surface area (TPSA) is 20.2 Å². The first-order valence-corrected chi connectivity index (χ1v) is 7.61. The van der Waals surface area contributed by atoms with E-state index in [1.165, 1.54) is 0 Å². The SMILES string of the molecule is CC.Oc1c(C2=CCCC=C2)cccc1-c1ccccc1. The number of phenols is 1. The van der Waals surface area contributed by atoms with E-state index in [-0.39, 0.29) is 0 Å². The molecule has 0 unspecified atom stereocenters. The first-order valence-electron chi connectivity index (χ1n) is 7.61. The molecule has 108 valence electrons. The van der Waals surface area contributed by atoms with Gasteiger partial charge in [-0.05, 0) is 24.0 Å². The van der Waals surface area contributed by atoms with Gasteiger partial charge in [0, 0.05) is 11.1 Å². The Kier molecular flexibility index (Phi) is 5.39. The van der Waals surface area contributed by atoms with Crippen LogP contribution in [0.2, 0.25) is 0 Å². The van der Waals surface area contributed by atoms with Crippen LogP contribution < -0.4 is 0 Å². The number of benzene rings is 2. The highest BCUT2D eigenvalue weighted by molar-refractivity contribution is 5.84. The Labute approximate surface area is 127 Å². The van der Waals surface area contributed by atoms with E-state index in [4.69, 9.17) is 0 Å². The van der Waals surface area contributed by atoms with Crippen molar-refractivity contribution in [2.24, 2.45) is 0 Å². The third kappa shape index (κ3) is 3.43. The van der Waals surface area contributed by atoms with Crippen LogP contribution in [-0.2, 0) is 0 Å². The van der Waals surface area contributed by atoms with E-state index in [0.29, 0.717) is 5.75 Å². The second kappa shape index (κ2) is 7.49. The molecule has 0 heterocycles. The molecule has 1 nitrogen and oxygen atoms in total. The lowest BCUT2D eigenvalue weighted by Gasteiger charge is -2.12. The second-order valence-electron chi connectivity index (χ2n) is 4.71. The van der Waals surface area contributed by atoms with Gasteiger partial charge in [0.05, 0.1) is 0 Å². The van der Waals surface area contributed by atoms with Crippen LogP contribution in [-0.4, -0.2) is 5.11 Å². The van der Waals surface area contributed by atoms with Gasteiger partial charge in [0.25, 0.3) is 0 Å². The van der Waals surface area contributed by atoms with Crippen molar-refractivity contribution >= 4 is 5.57 Å². The lowest BCUT2D eigenvalue weighted by molar-refractivity contribution is 0.475. The van der Waals surface area contributed by atoms with Gasteiger partial charge in [0.1, 0.15) is 5.75 Å². The monoisotopic (exact) mass is 278 g/mol. The summed E-state index contributed by atoms with van der Waals surface area (Å²) in [7, 11) is 0. The van der Waals surface area contributed by atoms with E-state index in [0.717, 1.165) is 35.1 Å². The molecule has 0 saturated carbocycles. The molecule has 0 amide bonds. The zero-order chi connectivity index (χ0) is 15.1. The molecule has 0 fully saturated rings. The Morgan fingerprint density at radius 2 is 1.52 bits per heavy atom. The number of hydrogen-bond acceptors (Lipinski definition) is 1. The van der Waals surface area contributed by atoms with E-state index in [1.54, 1.807) is 0 Å². The van der Waals surface area contributed by atoms with Crippen LogP contribution in [0.4, 0.5) is 0 Å². The Bertz CT molecular complexity index is 636. The molecule has 3 rings (SSSR count). The fraction of sp³-hybridized carbons (Fsp3) is 0.200. The normalized spacial score (nSPS) is 13.1. The Morgan fingerprint density at radius 3 is 2.19 bits per heavy atom. The quantitative estimate of drug-likeness (QED) is 0.734. The summed E-state index contributed by atoms with van der Waals surface area (Å²) in [5, 5.41) is 10.5. The molecule has 1 aliphatic rings. The molecule has 0 aromatic heterocycles. The predicted molar refractivity (Wildman–Crippen MR) is 91.2 cm³/mol. The van der Waals surface area contributed by atoms with Crippen molar-refractivity contribution in [3.8, 4) is 16.9 Å². The second-order valence-corrected chi connectivity index (χ2v) is 4.71. The molecule has 0 atom stereocenters.